The van der Waals surface area contributed by atoms with Gasteiger partial charge >= 0.3 is 0 Å². The van der Waals surface area contributed by atoms with E-state index in [1.807, 2.05) is 0 Å². The van der Waals surface area contributed by atoms with E-state index in [9.17, 15) is 9.90 Å². The zero-order chi connectivity index (χ0) is 11.6. The molecule has 1 saturated carbocycles. The monoisotopic (exact) mass is 284 g/mol. The van der Waals surface area contributed by atoms with Crippen LogP contribution in [0, 0.1) is 0 Å². The second-order valence-electron chi connectivity index (χ2n) is 4.11. The van der Waals surface area contributed by atoms with Gasteiger partial charge in [-0.2, -0.15) is 0 Å². The predicted octanol–water partition coefficient (Wildman–Crippen LogP) is 1.83. The Morgan fingerprint density at radius 3 is 2.88 bits per heavy atom. The lowest BCUT2D eigenvalue weighted by Gasteiger charge is -2.41. The quantitative estimate of drug-likeness (QED) is 0.833. The molecule has 0 atom stereocenters. The Bertz CT molecular complexity index is 399. The highest BCUT2D eigenvalue weighted by Gasteiger charge is 2.37. The molecule has 1 amide bonds. The second kappa shape index (κ2) is 4.41. The van der Waals surface area contributed by atoms with E-state index in [-0.39, 0.29) is 22.8 Å². The summed E-state index contributed by atoms with van der Waals surface area (Å²) in [5, 5.41) is 13.2. The van der Waals surface area contributed by atoms with Gasteiger partial charge in [0.2, 0.25) is 0 Å². The first-order chi connectivity index (χ1) is 7.67. The summed E-state index contributed by atoms with van der Waals surface area (Å²) in [5.41, 5.74) is 0.148. The van der Waals surface area contributed by atoms with Gasteiger partial charge in [0.25, 0.3) is 5.91 Å². The van der Waals surface area contributed by atoms with Crippen LogP contribution in [0.4, 0.5) is 0 Å². The molecule has 1 aromatic heterocycles. The minimum Gasteiger partial charge on any atom is -0.505 e. The third-order valence-electron chi connectivity index (χ3n) is 2.99. The normalized spacial score (nSPS) is 17.6. The lowest BCUT2D eigenvalue weighted by molar-refractivity contribution is 0.0853. The van der Waals surface area contributed by atoms with Gasteiger partial charge in [-0.15, -0.1) is 0 Å². The summed E-state index contributed by atoms with van der Waals surface area (Å²) in [4.78, 5) is 15.7. The molecule has 1 heterocycles. The predicted molar refractivity (Wildman–Crippen MR) is 63.7 cm³/mol. The van der Waals surface area contributed by atoms with Crippen LogP contribution in [-0.4, -0.2) is 26.9 Å². The summed E-state index contributed by atoms with van der Waals surface area (Å²) in [5.74, 6) is -0.317. The van der Waals surface area contributed by atoms with Crippen molar-refractivity contribution in [2.75, 3.05) is 5.33 Å². The topological polar surface area (TPSA) is 62.2 Å². The average molecular weight is 285 g/mol. The highest BCUT2D eigenvalue weighted by atomic mass is 79.9. The molecule has 0 radical (unpaired) electrons. The Hall–Kier alpha value is -1.10. The van der Waals surface area contributed by atoms with Crippen LogP contribution in [0.25, 0.3) is 0 Å². The molecule has 0 saturated heterocycles. The van der Waals surface area contributed by atoms with Crippen LogP contribution < -0.4 is 5.32 Å². The number of amides is 1. The molecular weight excluding hydrogens is 272 g/mol. The summed E-state index contributed by atoms with van der Waals surface area (Å²) >= 11 is 3.41. The van der Waals surface area contributed by atoms with Gasteiger partial charge in [0.05, 0.1) is 17.3 Å². The van der Waals surface area contributed by atoms with Gasteiger partial charge in [-0.25, -0.2) is 0 Å². The summed E-state index contributed by atoms with van der Waals surface area (Å²) in [6.07, 6.45) is 5.87. The molecule has 5 heteroatoms. The number of carbonyl (C=O) groups is 1. The number of rotatable bonds is 3. The third-order valence-corrected chi connectivity index (χ3v) is 4.06. The summed E-state index contributed by atoms with van der Waals surface area (Å²) < 4.78 is 0. The van der Waals surface area contributed by atoms with E-state index in [1.54, 1.807) is 0 Å². The van der Waals surface area contributed by atoms with Crippen molar-refractivity contribution in [1.29, 1.82) is 0 Å². The summed E-state index contributed by atoms with van der Waals surface area (Å²) in [6.45, 7) is 0. The Balaban J connectivity index is 2.11. The SMILES string of the molecule is O=C(NC1(CBr)CCC1)c1ccncc1O. The molecule has 0 aliphatic heterocycles. The van der Waals surface area contributed by atoms with Gasteiger partial charge in [0.15, 0.2) is 0 Å². The van der Waals surface area contributed by atoms with Crippen LogP contribution in [0.3, 0.4) is 0 Å². The first-order valence-corrected chi connectivity index (χ1v) is 6.30. The maximum Gasteiger partial charge on any atom is 0.255 e. The van der Waals surface area contributed by atoms with Gasteiger partial charge in [0.1, 0.15) is 5.75 Å². The Morgan fingerprint density at radius 2 is 2.38 bits per heavy atom. The van der Waals surface area contributed by atoms with E-state index in [0.717, 1.165) is 24.6 Å². The largest absolute Gasteiger partial charge is 0.505 e. The van der Waals surface area contributed by atoms with Crippen molar-refractivity contribution in [3.05, 3.63) is 24.0 Å². The van der Waals surface area contributed by atoms with E-state index in [1.165, 1.54) is 18.5 Å². The number of hydrogen-bond acceptors (Lipinski definition) is 3. The summed E-state index contributed by atoms with van der Waals surface area (Å²) in [7, 11) is 0. The molecule has 86 valence electrons. The average Bonchev–Trinajstić information content (AvgIpc) is 2.24. The molecule has 1 aliphatic carbocycles. The number of aromatic hydroxyl groups is 1. The Labute approximate surface area is 102 Å². The number of pyridine rings is 1. The molecule has 0 spiro atoms. The van der Waals surface area contributed by atoms with E-state index >= 15 is 0 Å². The molecule has 0 unspecified atom stereocenters. The Kier molecular flexibility index (Phi) is 3.14. The summed E-state index contributed by atoms with van der Waals surface area (Å²) in [6, 6.07) is 1.52. The maximum absolute atomic E-state index is 11.9. The van der Waals surface area contributed by atoms with Crippen molar-refractivity contribution in [2.24, 2.45) is 0 Å². The van der Waals surface area contributed by atoms with Crippen molar-refractivity contribution in [3.63, 3.8) is 0 Å². The molecule has 0 aromatic carbocycles. The van der Waals surface area contributed by atoms with E-state index in [2.05, 4.69) is 26.2 Å². The molecule has 2 rings (SSSR count). The van der Waals surface area contributed by atoms with E-state index < -0.39 is 0 Å². The maximum atomic E-state index is 11.9. The minimum atomic E-state index is -0.237. The molecule has 4 nitrogen and oxygen atoms in total. The van der Waals surface area contributed by atoms with Crippen LogP contribution >= 0.6 is 15.9 Å². The lowest BCUT2D eigenvalue weighted by Crippen LogP contribution is -2.54. The van der Waals surface area contributed by atoms with Crippen molar-refractivity contribution in [2.45, 2.75) is 24.8 Å². The number of nitrogens with zero attached hydrogens (tertiary/aromatic N) is 1. The fourth-order valence-electron chi connectivity index (χ4n) is 1.78. The lowest BCUT2D eigenvalue weighted by atomic mass is 9.78. The minimum absolute atomic E-state index is 0.0796. The number of halogens is 1. The van der Waals surface area contributed by atoms with Crippen LogP contribution in [0.2, 0.25) is 0 Å². The van der Waals surface area contributed by atoms with Crippen molar-refractivity contribution in [3.8, 4) is 5.75 Å². The fraction of sp³-hybridized carbons (Fsp3) is 0.455. The molecule has 1 fully saturated rings. The van der Waals surface area contributed by atoms with Crippen LogP contribution in [0.15, 0.2) is 18.5 Å². The van der Waals surface area contributed by atoms with Crippen LogP contribution in [0.1, 0.15) is 29.6 Å². The number of carbonyl (C=O) groups excluding carboxylic acids is 1. The fourth-order valence-corrected chi connectivity index (χ4v) is 2.48. The van der Waals surface area contributed by atoms with Gasteiger partial charge in [0, 0.05) is 11.5 Å². The van der Waals surface area contributed by atoms with Gasteiger partial charge in [-0.05, 0) is 25.3 Å². The van der Waals surface area contributed by atoms with Crippen molar-refractivity contribution < 1.29 is 9.90 Å². The standard InChI is InChI=1S/C11H13BrN2O2/c12-7-11(3-1-4-11)14-10(16)8-2-5-13-6-9(8)15/h2,5-6,15H,1,3-4,7H2,(H,14,16). The second-order valence-corrected chi connectivity index (χ2v) is 4.68. The molecular formula is C11H13BrN2O2. The van der Waals surface area contributed by atoms with E-state index in [4.69, 9.17) is 0 Å². The number of nitrogens with one attached hydrogen (secondary N) is 1. The van der Waals surface area contributed by atoms with Gasteiger partial charge in [-0.1, -0.05) is 15.9 Å². The zero-order valence-electron chi connectivity index (χ0n) is 8.74. The van der Waals surface area contributed by atoms with Crippen LogP contribution in [-0.2, 0) is 0 Å². The van der Waals surface area contributed by atoms with E-state index in [0.29, 0.717) is 0 Å². The first kappa shape index (κ1) is 11.4. The van der Waals surface area contributed by atoms with Crippen molar-refractivity contribution in [1.82, 2.24) is 10.3 Å². The molecule has 1 aromatic rings. The third kappa shape index (κ3) is 2.04. The first-order valence-electron chi connectivity index (χ1n) is 5.18. The molecule has 1 aliphatic rings. The zero-order valence-corrected chi connectivity index (χ0v) is 10.3. The van der Waals surface area contributed by atoms with Crippen LogP contribution in [0.5, 0.6) is 5.75 Å². The van der Waals surface area contributed by atoms with Crippen molar-refractivity contribution >= 4 is 21.8 Å². The molecule has 16 heavy (non-hydrogen) atoms. The number of alkyl halides is 1. The number of hydrogen-bond donors (Lipinski definition) is 2. The highest BCUT2D eigenvalue weighted by molar-refractivity contribution is 9.09. The van der Waals surface area contributed by atoms with Gasteiger partial charge < -0.3 is 10.4 Å². The number of aromatic nitrogens is 1. The molecule has 0 bridgehead atoms. The highest BCUT2D eigenvalue weighted by Crippen LogP contribution is 2.34. The smallest absolute Gasteiger partial charge is 0.255 e. The molecule has 2 N–H and O–H groups in total. The van der Waals surface area contributed by atoms with Gasteiger partial charge in [-0.3, -0.25) is 9.78 Å². The Morgan fingerprint density at radius 1 is 1.62 bits per heavy atom.